The molecule has 0 fully saturated rings. The lowest BCUT2D eigenvalue weighted by molar-refractivity contribution is 0.840. The highest BCUT2D eigenvalue weighted by Crippen LogP contribution is 2.26. The molecule has 0 radical (unpaired) electrons. The van der Waals surface area contributed by atoms with Crippen LogP contribution in [0.15, 0.2) is 55.1 Å². The lowest BCUT2D eigenvalue weighted by Crippen LogP contribution is -1.99. The van der Waals surface area contributed by atoms with Crippen molar-refractivity contribution < 1.29 is 0 Å². The van der Waals surface area contributed by atoms with Gasteiger partial charge in [0.15, 0.2) is 5.82 Å². The maximum absolute atomic E-state index is 6.15. The van der Waals surface area contributed by atoms with Crippen LogP contribution in [0.4, 0.5) is 0 Å². The van der Waals surface area contributed by atoms with E-state index >= 15 is 0 Å². The average molecular weight is 257 g/mol. The van der Waals surface area contributed by atoms with Gasteiger partial charge in [0.25, 0.3) is 0 Å². The zero-order chi connectivity index (χ0) is 12.4. The number of halogens is 1. The lowest BCUT2D eigenvalue weighted by atomic mass is 10.1. The maximum atomic E-state index is 6.15. The Morgan fingerprint density at radius 2 is 1.94 bits per heavy atom. The standard InChI is InChI=1S/C13H9ClN4/c14-11-5-2-1-4-10(11)12-8-13(16-9-15-12)18-7-3-6-17-18/h1-9H. The van der Waals surface area contributed by atoms with E-state index in [2.05, 4.69) is 15.1 Å². The van der Waals surface area contributed by atoms with Crippen molar-refractivity contribution in [2.75, 3.05) is 0 Å². The van der Waals surface area contributed by atoms with Crippen LogP contribution in [0, 0.1) is 0 Å². The third kappa shape index (κ3) is 1.98. The molecule has 5 heteroatoms. The average Bonchev–Trinajstić information content (AvgIpc) is 2.93. The predicted octanol–water partition coefficient (Wildman–Crippen LogP) is 2.98. The summed E-state index contributed by atoms with van der Waals surface area (Å²) in [5.74, 6) is 0.713. The third-order valence-corrected chi connectivity index (χ3v) is 2.87. The number of hydrogen-bond donors (Lipinski definition) is 0. The highest BCUT2D eigenvalue weighted by Gasteiger charge is 2.06. The van der Waals surface area contributed by atoms with Crippen LogP contribution in [-0.2, 0) is 0 Å². The van der Waals surface area contributed by atoms with Crippen molar-refractivity contribution in [1.29, 1.82) is 0 Å². The zero-order valence-corrected chi connectivity index (χ0v) is 10.1. The van der Waals surface area contributed by atoms with Crippen LogP contribution >= 0.6 is 11.6 Å². The summed E-state index contributed by atoms with van der Waals surface area (Å²) >= 11 is 6.15. The van der Waals surface area contributed by atoms with Gasteiger partial charge in [0, 0.05) is 29.0 Å². The van der Waals surface area contributed by atoms with Crippen LogP contribution in [-0.4, -0.2) is 19.7 Å². The van der Waals surface area contributed by atoms with Crippen molar-refractivity contribution in [3.05, 3.63) is 60.1 Å². The number of benzene rings is 1. The molecule has 0 amide bonds. The van der Waals surface area contributed by atoms with Gasteiger partial charge >= 0.3 is 0 Å². The molecule has 0 N–H and O–H groups in total. The summed E-state index contributed by atoms with van der Waals surface area (Å²) < 4.78 is 1.68. The molecule has 1 aromatic carbocycles. The zero-order valence-electron chi connectivity index (χ0n) is 9.36. The van der Waals surface area contributed by atoms with Crippen molar-refractivity contribution in [1.82, 2.24) is 19.7 Å². The van der Waals surface area contributed by atoms with Crippen LogP contribution in [0.5, 0.6) is 0 Å². The van der Waals surface area contributed by atoms with Gasteiger partial charge in [0.1, 0.15) is 6.33 Å². The van der Waals surface area contributed by atoms with E-state index in [1.807, 2.05) is 42.6 Å². The topological polar surface area (TPSA) is 43.6 Å². The largest absolute Gasteiger partial charge is 0.236 e. The quantitative estimate of drug-likeness (QED) is 0.708. The van der Waals surface area contributed by atoms with Crippen LogP contribution in [0.2, 0.25) is 5.02 Å². The van der Waals surface area contributed by atoms with Crippen molar-refractivity contribution in [2.45, 2.75) is 0 Å². The molecule has 0 saturated heterocycles. The summed E-state index contributed by atoms with van der Waals surface area (Å²) in [6.45, 7) is 0. The summed E-state index contributed by atoms with van der Waals surface area (Å²) in [6.07, 6.45) is 5.05. The first-order chi connectivity index (χ1) is 8.84. The molecule has 0 saturated carbocycles. The van der Waals surface area contributed by atoms with E-state index in [0.717, 1.165) is 11.3 Å². The van der Waals surface area contributed by atoms with Gasteiger partial charge in [0.05, 0.1) is 5.69 Å². The minimum absolute atomic E-state index is 0.669. The minimum atomic E-state index is 0.669. The fraction of sp³-hybridized carbons (Fsp3) is 0. The molecule has 3 aromatic rings. The van der Waals surface area contributed by atoms with E-state index in [-0.39, 0.29) is 0 Å². The van der Waals surface area contributed by atoms with Crippen molar-refractivity contribution in [3.63, 3.8) is 0 Å². The van der Waals surface area contributed by atoms with E-state index in [1.54, 1.807) is 10.9 Å². The van der Waals surface area contributed by atoms with Gasteiger partial charge in [-0.25, -0.2) is 14.6 Å². The summed E-state index contributed by atoms with van der Waals surface area (Å²) in [5.41, 5.74) is 1.66. The molecule has 3 rings (SSSR count). The van der Waals surface area contributed by atoms with Crippen LogP contribution in [0.1, 0.15) is 0 Å². The Morgan fingerprint density at radius 1 is 1.06 bits per heavy atom. The normalized spacial score (nSPS) is 10.5. The molecular weight excluding hydrogens is 248 g/mol. The monoisotopic (exact) mass is 256 g/mol. The molecule has 18 heavy (non-hydrogen) atoms. The van der Waals surface area contributed by atoms with E-state index < -0.39 is 0 Å². The Morgan fingerprint density at radius 3 is 2.72 bits per heavy atom. The third-order valence-electron chi connectivity index (χ3n) is 2.54. The van der Waals surface area contributed by atoms with Crippen molar-refractivity contribution >= 4 is 11.6 Å². The van der Waals surface area contributed by atoms with E-state index in [0.29, 0.717) is 10.8 Å². The second kappa shape index (κ2) is 4.58. The molecule has 0 spiro atoms. The molecule has 0 atom stereocenters. The number of aromatic nitrogens is 4. The van der Waals surface area contributed by atoms with Gasteiger partial charge in [-0.15, -0.1) is 0 Å². The Labute approximate surface area is 109 Å². The fourth-order valence-corrected chi connectivity index (χ4v) is 1.93. The van der Waals surface area contributed by atoms with Crippen molar-refractivity contribution in [2.24, 2.45) is 0 Å². The lowest BCUT2D eigenvalue weighted by Gasteiger charge is -2.05. The molecule has 0 bridgehead atoms. The molecule has 4 nitrogen and oxygen atoms in total. The van der Waals surface area contributed by atoms with Gasteiger partial charge in [-0.3, -0.25) is 0 Å². The maximum Gasteiger partial charge on any atom is 0.157 e. The summed E-state index contributed by atoms with van der Waals surface area (Å²) in [4.78, 5) is 8.43. The number of rotatable bonds is 2. The molecule has 0 aliphatic heterocycles. The molecular formula is C13H9ClN4. The smallest absolute Gasteiger partial charge is 0.157 e. The molecule has 0 unspecified atom stereocenters. The van der Waals surface area contributed by atoms with Crippen LogP contribution in [0.3, 0.4) is 0 Å². The second-order valence-electron chi connectivity index (χ2n) is 3.69. The summed E-state index contributed by atoms with van der Waals surface area (Å²) in [6, 6.07) is 11.3. The van der Waals surface area contributed by atoms with Crippen LogP contribution < -0.4 is 0 Å². The first-order valence-electron chi connectivity index (χ1n) is 5.41. The number of nitrogens with zero attached hydrogens (tertiary/aromatic N) is 4. The summed E-state index contributed by atoms with van der Waals surface area (Å²) in [7, 11) is 0. The van der Waals surface area contributed by atoms with E-state index in [4.69, 9.17) is 11.6 Å². The van der Waals surface area contributed by atoms with Crippen molar-refractivity contribution in [3.8, 4) is 17.1 Å². The van der Waals surface area contributed by atoms with E-state index in [9.17, 15) is 0 Å². The molecule has 2 heterocycles. The highest BCUT2D eigenvalue weighted by atomic mass is 35.5. The first-order valence-corrected chi connectivity index (χ1v) is 5.79. The molecule has 0 aliphatic rings. The Bertz CT molecular complexity index is 664. The SMILES string of the molecule is Clc1ccccc1-c1cc(-n2cccn2)ncn1. The molecule has 2 aromatic heterocycles. The van der Waals surface area contributed by atoms with E-state index in [1.165, 1.54) is 6.33 Å². The van der Waals surface area contributed by atoms with Gasteiger partial charge in [0.2, 0.25) is 0 Å². The fourth-order valence-electron chi connectivity index (χ4n) is 1.69. The Kier molecular flexibility index (Phi) is 2.78. The highest BCUT2D eigenvalue weighted by molar-refractivity contribution is 6.33. The van der Waals surface area contributed by atoms with Gasteiger partial charge < -0.3 is 0 Å². The van der Waals surface area contributed by atoms with Gasteiger partial charge in [-0.05, 0) is 12.1 Å². The predicted molar refractivity (Wildman–Crippen MR) is 69.6 cm³/mol. The second-order valence-corrected chi connectivity index (χ2v) is 4.10. The minimum Gasteiger partial charge on any atom is -0.236 e. The first kappa shape index (κ1) is 10.9. The summed E-state index contributed by atoms with van der Waals surface area (Å²) in [5, 5.41) is 4.81. The Hall–Kier alpha value is -2.20. The van der Waals surface area contributed by atoms with Crippen LogP contribution in [0.25, 0.3) is 17.1 Å². The van der Waals surface area contributed by atoms with Gasteiger partial charge in [-0.2, -0.15) is 5.10 Å². The molecule has 88 valence electrons. The number of hydrogen-bond acceptors (Lipinski definition) is 3. The molecule has 0 aliphatic carbocycles. The van der Waals surface area contributed by atoms with Gasteiger partial charge in [-0.1, -0.05) is 29.8 Å². The Balaban J connectivity index is 2.10.